The first-order chi connectivity index (χ1) is 4.21. The predicted octanol–water partition coefficient (Wildman–Crippen LogP) is -0.776. The average molecular weight is 126 g/mol. The van der Waals surface area contributed by atoms with E-state index in [4.69, 9.17) is 5.73 Å². The number of hydrogen-bond acceptors (Lipinski definition) is 2. The van der Waals surface area contributed by atoms with Crippen molar-refractivity contribution >= 4 is 5.91 Å². The predicted molar refractivity (Wildman–Crippen MR) is 32.7 cm³/mol. The van der Waals surface area contributed by atoms with Crippen LogP contribution in [0, 0.1) is 5.92 Å². The molecule has 2 fully saturated rings. The molecule has 2 rings (SSSR count). The van der Waals surface area contributed by atoms with Crippen LogP contribution in [0.25, 0.3) is 0 Å². The number of piperidine rings is 1. The van der Waals surface area contributed by atoms with Crippen molar-refractivity contribution in [2.24, 2.45) is 11.7 Å². The summed E-state index contributed by atoms with van der Waals surface area (Å²) in [4.78, 5) is 10.7. The van der Waals surface area contributed by atoms with Crippen molar-refractivity contribution in [3.8, 4) is 0 Å². The number of fused-ring (bicyclic) bond motifs is 1. The third-order valence-corrected chi connectivity index (χ3v) is 2.31. The van der Waals surface area contributed by atoms with Gasteiger partial charge in [0, 0.05) is 18.5 Å². The van der Waals surface area contributed by atoms with Gasteiger partial charge in [-0.05, 0) is 12.3 Å². The molecule has 3 nitrogen and oxygen atoms in total. The summed E-state index contributed by atoms with van der Waals surface area (Å²) in [5.74, 6) is 0.696. The van der Waals surface area contributed by atoms with Gasteiger partial charge in [0.1, 0.15) is 0 Å². The quantitative estimate of drug-likeness (QED) is 0.447. The molecule has 1 amide bonds. The Morgan fingerprint density at radius 3 is 3.11 bits per heavy atom. The Morgan fingerprint density at radius 1 is 1.78 bits per heavy atom. The molecule has 3 heteroatoms. The van der Waals surface area contributed by atoms with Crippen molar-refractivity contribution in [2.75, 3.05) is 6.54 Å². The van der Waals surface area contributed by atoms with Crippen LogP contribution in [0.15, 0.2) is 0 Å². The molecule has 2 atom stereocenters. The lowest BCUT2D eigenvalue weighted by Crippen LogP contribution is -2.42. The SMILES string of the molecule is N[C@]12CC(=O)NC[C@H]1C2. The van der Waals surface area contributed by atoms with E-state index in [1.165, 1.54) is 0 Å². The van der Waals surface area contributed by atoms with Crippen LogP contribution in [0.2, 0.25) is 0 Å². The van der Waals surface area contributed by atoms with Gasteiger partial charge in [0.15, 0.2) is 0 Å². The molecule has 1 aliphatic carbocycles. The minimum absolute atomic E-state index is 0.0949. The van der Waals surface area contributed by atoms with Gasteiger partial charge in [0.2, 0.25) is 5.91 Å². The number of carbonyl (C=O) groups is 1. The summed E-state index contributed by atoms with van der Waals surface area (Å²) in [5.41, 5.74) is 5.69. The van der Waals surface area contributed by atoms with E-state index in [0.717, 1.165) is 13.0 Å². The number of amides is 1. The third-order valence-electron chi connectivity index (χ3n) is 2.31. The van der Waals surface area contributed by atoms with Crippen LogP contribution in [-0.4, -0.2) is 18.0 Å². The molecule has 0 aromatic rings. The van der Waals surface area contributed by atoms with Gasteiger partial charge in [0.05, 0.1) is 0 Å². The van der Waals surface area contributed by atoms with Gasteiger partial charge in [-0.15, -0.1) is 0 Å². The van der Waals surface area contributed by atoms with Crippen LogP contribution < -0.4 is 11.1 Å². The van der Waals surface area contributed by atoms with Crippen LogP contribution in [0.3, 0.4) is 0 Å². The Balaban J connectivity index is 2.11. The highest BCUT2D eigenvalue weighted by molar-refractivity contribution is 5.79. The summed E-state index contributed by atoms with van der Waals surface area (Å²) in [6.07, 6.45) is 1.57. The van der Waals surface area contributed by atoms with Gasteiger partial charge in [-0.2, -0.15) is 0 Å². The Hall–Kier alpha value is -0.570. The van der Waals surface area contributed by atoms with Crippen molar-refractivity contribution < 1.29 is 4.79 Å². The van der Waals surface area contributed by atoms with E-state index in [1.54, 1.807) is 0 Å². The smallest absolute Gasteiger partial charge is 0.221 e. The topological polar surface area (TPSA) is 55.1 Å². The second kappa shape index (κ2) is 1.29. The number of nitrogens with one attached hydrogen (secondary N) is 1. The highest BCUT2D eigenvalue weighted by Crippen LogP contribution is 2.45. The van der Waals surface area contributed by atoms with Crippen LogP contribution in [-0.2, 0) is 4.79 Å². The van der Waals surface area contributed by atoms with Gasteiger partial charge in [-0.25, -0.2) is 0 Å². The standard InChI is InChI=1S/C6H10N2O/c7-6-1-4(6)3-8-5(9)2-6/h4H,1-3,7H2,(H,8,9)/t4-,6-/m1/s1. The first-order valence-electron chi connectivity index (χ1n) is 3.26. The summed E-state index contributed by atoms with van der Waals surface area (Å²) < 4.78 is 0. The maximum absolute atomic E-state index is 10.7. The molecule has 0 radical (unpaired) electrons. The van der Waals surface area contributed by atoms with Gasteiger partial charge in [-0.1, -0.05) is 0 Å². The Kier molecular flexibility index (Phi) is 0.750. The van der Waals surface area contributed by atoms with Gasteiger partial charge < -0.3 is 11.1 Å². The van der Waals surface area contributed by atoms with Gasteiger partial charge in [0.25, 0.3) is 0 Å². The normalized spacial score (nSPS) is 47.7. The number of hydrogen-bond donors (Lipinski definition) is 2. The van der Waals surface area contributed by atoms with E-state index in [1.807, 2.05) is 0 Å². The lowest BCUT2D eigenvalue weighted by atomic mass is 10.1. The molecule has 2 aliphatic rings. The van der Waals surface area contributed by atoms with Crippen LogP contribution >= 0.6 is 0 Å². The second-order valence-electron chi connectivity index (χ2n) is 3.12. The molecule has 9 heavy (non-hydrogen) atoms. The minimum Gasteiger partial charge on any atom is -0.356 e. The van der Waals surface area contributed by atoms with Crippen molar-refractivity contribution in [1.82, 2.24) is 5.32 Å². The van der Waals surface area contributed by atoms with Crippen molar-refractivity contribution in [1.29, 1.82) is 0 Å². The molecule has 0 bridgehead atoms. The van der Waals surface area contributed by atoms with E-state index in [2.05, 4.69) is 5.32 Å². The zero-order valence-corrected chi connectivity index (χ0v) is 5.18. The van der Waals surface area contributed by atoms with Gasteiger partial charge >= 0.3 is 0 Å². The summed E-state index contributed by atoms with van der Waals surface area (Å²) in [7, 11) is 0. The molecule has 0 aromatic carbocycles. The monoisotopic (exact) mass is 126 g/mol. The van der Waals surface area contributed by atoms with Crippen molar-refractivity contribution in [3.05, 3.63) is 0 Å². The fourth-order valence-electron chi connectivity index (χ4n) is 1.49. The second-order valence-corrected chi connectivity index (χ2v) is 3.12. The van der Waals surface area contributed by atoms with Crippen LogP contribution in [0.5, 0.6) is 0 Å². The highest BCUT2D eigenvalue weighted by Gasteiger charge is 2.54. The highest BCUT2D eigenvalue weighted by atomic mass is 16.1. The zero-order valence-electron chi connectivity index (χ0n) is 5.18. The number of rotatable bonds is 0. The Bertz CT molecular complexity index is 168. The fourth-order valence-corrected chi connectivity index (χ4v) is 1.49. The lowest BCUT2D eigenvalue weighted by Gasteiger charge is -2.16. The Labute approximate surface area is 53.6 Å². The first-order valence-corrected chi connectivity index (χ1v) is 3.26. The Morgan fingerprint density at radius 2 is 2.56 bits per heavy atom. The van der Waals surface area contributed by atoms with E-state index in [9.17, 15) is 4.79 Å². The third kappa shape index (κ3) is 0.645. The molecular weight excluding hydrogens is 116 g/mol. The molecule has 0 aromatic heterocycles. The largest absolute Gasteiger partial charge is 0.356 e. The maximum Gasteiger partial charge on any atom is 0.221 e. The molecule has 1 aliphatic heterocycles. The molecule has 1 saturated heterocycles. The number of carbonyl (C=O) groups excluding carboxylic acids is 1. The lowest BCUT2D eigenvalue weighted by molar-refractivity contribution is -0.122. The van der Waals surface area contributed by atoms with Crippen LogP contribution in [0.1, 0.15) is 12.8 Å². The van der Waals surface area contributed by atoms with E-state index in [0.29, 0.717) is 12.3 Å². The molecule has 0 unspecified atom stereocenters. The van der Waals surface area contributed by atoms with Crippen LogP contribution in [0.4, 0.5) is 0 Å². The fraction of sp³-hybridized carbons (Fsp3) is 0.833. The number of nitrogens with two attached hydrogens (primary N) is 1. The van der Waals surface area contributed by atoms with Crippen molar-refractivity contribution in [3.63, 3.8) is 0 Å². The molecule has 0 spiro atoms. The molecular formula is C6H10N2O. The summed E-state index contributed by atoms with van der Waals surface area (Å²) in [5, 5.41) is 2.78. The zero-order chi connectivity index (χ0) is 6.48. The maximum atomic E-state index is 10.7. The first kappa shape index (κ1) is 5.23. The summed E-state index contributed by atoms with van der Waals surface area (Å²) >= 11 is 0. The molecule has 1 heterocycles. The molecule has 3 N–H and O–H groups in total. The summed E-state index contributed by atoms with van der Waals surface area (Å²) in [6, 6.07) is 0. The van der Waals surface area contributed by atoms with Crippen molar-refractivity contribution in [2.45, 2.75) is 18.4 Å². The van der Waals surface area contributed by atoms with E-state index >= 15 is 0 Å². The van der Waals surface area contributed by atoms with E-state index in [-0.39, 0.29) is 11.4 Å². The van der Waals surface area contributed by atoms with Gasteiger partial charge in [-0.3, -0.25) is 4.79 Å². The molecule has 1 saturated carbocycles. The average Bonchev–Trinajstić information content (AvgIpc) is 2.38. The molecule has 50 valence electrons. The minimum atomic E-state index is -0.0949. The summed E-state index contributed by atoms with van der Waals surface area (Å²) in [6.45, 7) is 0.801. The van der Waals surface area contributed by atoms with E-state index < -0.39 is 0 Å².